The van der Waals surface area contributed by atoms with E-state index < -0.39 is 28.4 Å². The number of nitrogens with zero attached hydrogens (tertiary/aromatic N) is 1. The highest BCUT2D eigenvalue weighted by atomic mass is 79.9. The Kier molecular flexibility index (Phi) is 7.39. The fourth-order valence-electron chi connectivity index (χ4n) is 2.56. The molecule has 0 unspecified atom stereocenters. The summed E-state index contributed by atoms with van der Waals surface area (Å²) in [5, 5.41) is 11.1. The maximum atomic E-state index is 13.4. The molecular weight excluding hydrogens is 524 g/mol. The molecule has 0 heterocycles. The van der Waals surface area contributed by atoms with Crippen LogP contribution >= 0.6 is 27.5 Å². The summed E-state index contributed by atoms with van der Waals surface area (Å²) < 4.78 is 28.2. The van der Waals surface area contributed by atoms with Gasteiger partial charge in [-0.15, -0.1) is 0 Å². The second kappa shape index (κ2) is 10.0. The van der Waals surface area contributed by atoms with Gasteiger partial charge >= 0.3 is 5.97 Å². The highest BCUT2D eigenvalue weighted by molar-refractivity contribution is 9.10. The number of benzene rings is 3. The number of amides is 1. The molecule has 0 aliphatic rings. The number of carboxylic acid groups (broad SMARTS) is 1. The Morgan fingerprint density at radius 2 is 1.69 bits per heavy atom. The Hall–Kier alpha value is -3.08. The van der Waals surface area contributed by atoms with Crippen LogP contribution in [0.25, 0.3) is 0 Å². The van der Waals surface area contributed by atoms with Crippen LogP contribution in [-0.4, -0.2) is 31.9 Å². The Morgan fingerprint density at radius 3 is 2.28 bits per heavy atom. The van der Waals surface area contributed by atoms with E-state index >= 15 is 0 Å². The van der Waals surface area contributed by atoms with Crippen molar-refractivity contribution in [1.82, 2.24) is 5.32 Å². The third kappa shape index (κ3) is 5.58. The normalized spacial score (nSPS) is 10.9. The van der Waals surface area contributed by atoms with E-state index in [0.717, 1.165) is 4.47 Å². The number of hydrogen-bond acceptors (Lipinski definition) is 5. The Morgan fingerprint density at radius 1 is 1.03 bits per heavy atom. The maximum absolute atomic E-state index is 13.4. The number of carbonyl (C=O) groups excluding carboxylic acids is 1. The van der Waals surface area contributed by atoms with E-state index in [4.69, 9.17) is 21.5 Å². The van der Waals surface area contributed by atoms with Gasteiger partial charge in [0.1, 0.15) is 6.54 Å². The second-order valence-electron chi connectivity index (χ2n) is 6.33. The number of carboxylic acids is 1. The molecule has 166 valence electrons. The number of para-hydroxylation sites is 1. The summed E-state index contributed by atoms with van der Waals surface area (Å²) in [5.41, 5.74) is 0.336. The van der Waals surface area contributed by atoms with Crippen molar-refractivity contribution in [3.8, 4) is 5.75 Å². The molecule has 0 bridgehead atoms. The topological polar surface area (TPSA) is 113 Å². The summed E-state index contributed by atoms with van der Waals surface area (Å²) in [6, 6.07) is 17.9. The lowest BCUT2D eigenvalue weighted by Crippen LogP contribution is -2.34. The quantitative estimate of drug-likeness (QED) is 0.417. The van der Waals surface area contributed by atoms with Crippen LogP contribution in [0.2, 0.25) is 5.02 Å². The molecule has 1 amide bonds. The van der Waals surface area contributed by atoms with Gasteiger partial charge in [-0.1, -0.05) is 50.2 Å². The molecule has 0 saturated heterocycles. The van der Waals surface area contributed by atoms with Gasteiger partial charge in [0.05, 0.1) is 15.6 Å². The molecule has 3 rings (SSSR count). The average molecular weight is 540 g/mol. The SMILES string of the molecule is O=C(O)CNC(=O)c1ccc(S(=O)(=O)N(Oc2ccc(Br)cc2Cl)c2ccccc2)cc1. The van der Waals surface area contributed by atoms with Gasteiger partial charge < -0.3 is 15.3 Å². The minimum absolute atomic E-state index is 0.105. The van der Waals surface area contributed by atoms with Crippen LogP contribution in [0.4, 0.5) is 5.69 Å². The van der Waals surface area contributed by atoms with Gasteiger partial charge in [0.25, 0.3) is 15.9 Å². The van der Waals surface area contributed by atoms with Gasteiger partial charge in [0.2, 0.25) is 0 Å². The van der Waals surface area contributed by atoms with E-state index in [1.807, 2.05) is 0 Å². The van der Waals surface area contributed by atoms with Gasteiger partial charge in [-0.2, -0.15) is 8.42 Å². The number of anilines is 1. The lowest BCUT2D eigenvalue weighted by molar-refractivity contribution is -0.135. The highest BCUT2D eigenvalue weighted by Crippen LogP contribution is 2.32. The first-order valence-corrected chi connectivity index (χ1v) is 11.6. The molecule has 32 heavy (non-hydrogen) atoms. The third-order valence-electron chi connectivity index (χ3n) is 4.08. The number of halogens is 2. The molecule has 8 nitrogen and oxygen atoms in total. The first kappa shape index (κ1) is 23.6. The molecule has 0 aromatic heterocycles. The Balaban J connectivity index is 1.95. The standard InChI is InChI=1S/C21H16BrClN2O6S/c22-15-8-11-19(18(23)12-15)31-25(16-4-2-1-3-5-16)32(29,30)17-9-6-14(7-10-17)21(28)24-13-20(26)27/h1-12H,13H2,(H,24,28)(H,26,27). The molecule has 3 aromatic rings. The Bertz CT molecular complexity index is 1240. The number of nitrogens with one attached hydrogen (secondary N) is 1. The van der Waals surface area contributed by atoms with Crippen molar-refractivity contribution in [2.75, 3.05) is 11.0 Å². The van der Waals surface area contributed by atoms with E-state index in [0.29, 0.717) is 4.47 Å². The number of carbonyl (C=O) groups is 2. The number of hydrogen-bond donors (Lipinski definition) is 2. The van der Waals surface area contributed by atoms with E-state index in [1.54, 1.807) is 42.5 Å². The fourth-order valence-corrected chi connectivity index (χ4v) is 4.52. The van der Waals surface area contributed by atoms with E-state index in [-0.39, 0.29) is 26.9 Å². The molecule has 11 heteroatoms. The van der Waals surface area contributed by atoms with E-state index in [2.05, 4.69) is 21.2 Å². The lowest BCUT2D eigenvalue weighted by atomic mass is 10.2. The zero-order valence-electron chi connectivity index (χ0n) is 16.2. The number of rotatable bonds is 8. The molecule has 2 N–H and O–H groups in total. The number of aliphatic carboxylic acids is 1. The molecule has 3 aromatic carbocycles. The molecule has 0 radical (unpaired) electrons. The molecule has 0 fully saturated rings. The summed E-state index contributed by atoms with van der Waals surface area (Å²) >= 11 is 9.49. The fraction of sp³-hybridized carbons (Fsp3) is 0.0476. The van der Waals surface area contributed by atoms with E-state index in [9.17, 15) is 18.0 Å². The summed E-state index contributed by atoms with van der Waals surface area (Å²) in [4.78, 5) is 28.1. The average Bonchev–Trinajstić information content (AvgIpc) is 2.77. The Labute approximate surface area is 197 Å². The van der Waals surface area contributed by atoms with Gasteiger partial charge in [-0.3, -0.25) is 9.59 Å². The highest BCUT2D eigenvalue weighted by Gasteiger charge is 2.28. The van der Waals surface area contributed by atoms with Crippen molar-refractivity contribution in [3.05, 3.63) is 87.9 Å². The molecule has 0 aliphatic heterocycles. The van der Waals surface area contributed by atoms with Gasteiger partial charge in [0, 0.05) is 10.0 Å². The van der Waals surface area contributed by atoms with Crippen LogP contribution in [0.1, 0.15) is 10.4 Å². The van der Waals surface area contributed by atoms with Gasteiger partial charge in [-0.25, -0.2) is 0 Å². The summed E-state index contributed by atoms with van der Waals surface area (Å²) in [5.74, 6) is -1.72. The predicted octanol–water partition coefficient (Wildman–Crippen LogP) is 4.11. The van der Waals surface area contributed by atoms with Crippen LogP contribution in [-0.2, 0) is 14.8 Å². The van der Waals surface area contributed by atoms with Gasteiger partial charge in [-0.05, 0) is 54.6 Å². The van der Waals surface area contributed by atoms with Gasteiger partial charge in [0.15, 0.2) is 5.75 Å². The van der Waals surface area contributed by atoms with Crippen molar-refractivity contribution >= 4 is 55.1 Å². The minimum atomic E-state index is -4.23. The zero-order valence-corrected chi connectivity index (χ0v) is 19.4. The van der Waals surface area contributed by atoms with Crippen molar-refractivity contribution in [2.45, 2.75) is 4.90 Å². The largest absolute Gasteiger partial charge is 0.480 e. The van der Waals surface area contributed by atoms with Crippen LogP contribution in [0.5, 0.6) is 5.75 Å². The van der Waals surface area contributed by atoms with Crippen LogP contribution in [0.15, 0.2) is 82.2 Å². The van der Waals surface area contributed by atoms with Crippen molar-refractivity contribution < 1.29 is 28.0 Å². The monoisotopic (exact) mass is 538 g/mol. The second-order valence-corrected chi connectivity index (χ2v) is 9.41. The molecule has 0 aliphatic carbocycles. The molecule has 0 atom stereocenters. The zero-order chi connectivity index (χ0) is 23.3. The summed E-state index contributed by atoms with van der Waals surface area (Å²) in [6.07, 6.45) is 0. The van der Waals surface area contributed by atoms with Crippen LogP contribution in [0, 0.1) is 0 Å². The van der Waals surface area contributed by atoms with Crippen molar-refractivity contribution in [2.24, 2.45) is 0 Å². The van der Waals surface area contributed by atoms with Crippen LogP contribution in [0.3, 0.4) is 0 Å². The maximum Gasteiger partial charge on any atom is 0.322 e. The molecule has 0 saturated carbocycles. The first-order chi connectivity index (χ1) is 15.2. The van der Waals surface area contributed by atoms with E-state index in [1.165, 1.54) is 30.3 Å². The lowest BCUT2D eigenvalue weighted by Gasteiger charge is -2.24. The molecule has 0 spiro atoms. The first-order valence-electron chi connectivity index (χ1n) is 9.02. The number of sulfonamides is 1. The minimum Gasteiger partial charge on any atom is -0.480 e. The smallest absolute Gasteiger partial charge is 0.322 e. The summed E-state index contributed by atoms with van der Waals surface area (Å²) in [6.45, 7) is -0.553. The summed E-state index contributed by atoms with van der Waals surface area (Å²) in [7, 11) is -4.23. The predicted molar refractivity (Wildman–Crippen MR) is 122 cm³/mol. The molecular formula is C21H16BrClN2O6S. The van der Waals surface area contributed by atoms with Crippen molar-refractivity contribution in [3.63, 3.8) is 0 Å². The van der Waals surface area contributed by atoms with Crippen molar-refractivity contribution in [1.29, 1.82) is 0 Å². The third-order valence-corrected chi connectivity index (χ3v) is 6.45. The van der Waals surface area contributed by atoms with Crippen LogP contribution < -0.4 is 14.6 Å².